The molecule has 7 heteroatoms. The van der Waals surface area contributed by atoms with Crippen molar-refractivity contribution in [2.24, 2.45) is 7.05 Å². The molecule has 1 amide bonds. The van der Waals surface area contributed by atoms with Crippen LogP contribution in [0.15, 0.2) is 16.2 Å². The van der Waals surface area contributed by atoms with Crippen molar-refractivity contribution in [3.05, 3.63) is 38.6 Å². The molecule has 0 aliphatic heterocycles. The van der Waals surface area contributed by atoms with Gasteiger partial charge >= 0.3 is 0 Å². The summed E-state index contributed by atoms with van der Waals surface area (Å²) in [5.74, 6) is -0.302. The predicted octanol–water partition coefficient (Wildman–Crippen LogP) is 1.85. The second-order valence-corrected chi connectivity index (χ2v) is 5.89. The third-order valence-electron chi connectivity index (χ3n) is 3.94. The Morgan fingerprint density at radius 1 is 1.57 bits per heavy atom. The zero-order valence-corrected chi connectivity index (χ0v) is 12.5. The first kappa shape index (κ1) is 13.8. The molecule has 2 N–H and O–H groups in total. The number of hydrogen-bond donors (Lipinski definition) is 2. The summed E-state index contributed by atoms with van der Waals surface area (Å²) in [5.41, 5.74) is 0.835. The van der Waals surface area contributed by atoms with Gasteiger partial charge in [-0.05, 0) is 36.4 Å². The lowest BCUT2D eigenvalue weighted by molar-refractivity contribution is 0.102. The van der Waals surface area contributed by atoms with Crippen LogP contribution >= 0.6 is 11.5 Å². The molecule has 1 aliphatic carbocycles. The van der Waals surface area contributed by atoms with E-state index in [1.807, 2.05) is 6.92 Å². The van der Waals surface area contributed by atoms with Gasteiger partial charge in [0, 0.05) is 23.7 Å². The van der Waals surface area contributed by atoms with E-state index in [2.05, 4.69) is 9.69 Å². The number of nitrogens with zero attached hydrogens (tertiary/aromatic N) is 2. The fourth-order valence-electron chi connectivity index (χ4n) is 2.82. The minimum Gasteiger partial charge on any atom is -0.507 e. The molecule has 0 radical (unpaired) electrons. The van der Waals surface area contributed by atoms with Crippen LogP contribution in [-0.2, 0) is 13.5 Å². The predicted molar refractivity (Wildman–Crippen MR) is 80.2 cm³/mol. The molecule has 0 aromatic carbocycles. The largest absolute Gasteiger partial charge is 0.507 e. The summed E-state index contributed by atoms with van der Waals surface area (Å²) in [4.78, 5) is 24.6. The quantitative estimate of drug-likeness (QED) is 0.887. The summed E-state index contributed by atoms with van der Waals surface area (Å²) < 4.78 is 5.44. The van der Waals surface area contributed by atoms with Gasteiger partial charge < -0.3 is 15.0 Å². The number of pyridine rings is 1. The van der Waals surface area contributed by atoms with E-state index in [4.69, 9.17) is 0 Å². The van der Waals surface area contributed by atoms with Crippen molar-refractivity contribution in [2.75, 3.05) is 5.32 Å². The van der Waals surface area contributed by atoms with Crippen LogP contribution in [0.3, 0.4) is 0 Å². The number of nitrogens with one attached hydrogen (secondary N) is 1. The van der Waals surface area contributed by atoms with Gasteiger partial charge in [0.1, 0.15) is 17.1 Å². The maximum atomic E-state index is 12.4. The summed E-state index contributed by atoms with van der Waals surface area (Å²) >= 11 is 1.20. The molecule has 21 heavy (non-hydrogen) atoms. The van der Waals surface area contributed by atoms with Crippen LogP contribution in [0.1, 0.15) is 40.9 Å². The van der Waals surface area contributed by atoms with Crippen molar-refractivity contribution >= 4 is 23.3 Å². The minimum absolute atomic E-state index is 0.137. The number of amides is 1. The summed E-state index contributed by atoms with van der Waals surface area (Å²) in [5, 5.41) is 14.7. The van der Waals surface area contributed by atoms with E-state index in [9.17, 15) is 14.7 Å². The molecule has 1 atom stereocenters. The molecule has 2 heterocycles. The van der Waals surface area contributed by atoms with Crippen molar-refractivity contribution in [3.8, 4) is 5.75 Å². The Bertz CT molecular complexity index is 765. The van der Waals surface area contributed by atoms with Gasteiger partial charge in [0.25, 0.3) is 11.5 Å². The van der Waals surface area contributed by atoms with E-state index >= 15 is 0 Å². The third-order valence-corrected chi connectivity index (χ3v) is 4.50. The lowest BCUT2D eigenvalue weighted by Gasteiger charge is -2.14. The molecule has 3 rings (SSSR count). The molecular weight excluding hydrogens is 290 g/mol. The molecule has 2 aromatic rings. The average molecular weight is 305 g/mol. The van der Waals surface area contributed by atoms with Crippen molar-refractivity contribution in [1.29, 1.82) is 0 Å². The Morgan fingerprint density at radius 2 is 2.33 bits per heavy atom. The van der Waals surface area contributed by atoms with Gasteiger partial charge in [0.15, 0.2) is 0 Å². The average Bonchev–Trinajstić information content (AvgIpc) is 3.06. The summed E-state index contributed by atoms with van der Waals surface area (Å²) in [6.07, 6.45) is 1.61. The van der Waals surface area contributed by atoms with Crippen LogP contribution in [0, 0.1) is 0 Å². The fourth-order valence-corrected chi connectivity index (χ4v) is 3.29. The number of aromatic nitrogens is 2. The highest BCUT2D eigenvalue weighted by atomic mass is 32.1. The second-order valence-electron chi connectivity index (χ2n) is 5.23. The Balaban J connectivity index is 2.11. The molecule has 110 valence electrons. The number of carbonyl (C=O) groups is 1. The molecule has 0 fully saturated rings. The standard InChI is InChI=1S/C14H15N3O3S/c1-7-3-4-8-10(7)12(18)11(14(20)17(8)2)13(19)15-9-5-6-21-16-9/h5-7,18H,3-4H2,1-2H3,(H,15,16,19)/t7-/m1/s1. The lowest BCUT2D eigenvalue weighted by Crippen LogP contribution is -2.30. The van der Waals surface area contributed by atoms with E-state index in [1.54, 1.807) is 18.5 Å². The van der Waals surface area contributed by atoms with E-state index in [-0.39, 0.29) is 17.2 Å². The Hall–Kier alpha value is -2.15. The van der Waals surface area contributed by atoms with Gasteiger partial charge in [0.05, 0.1) is 0 Å². The van der Waals surface area contributed by atoms with Crippen LogP contribution < -0.4 is 10.9 Å². The molecule has 6 nitrogen and oxygen atoms in total. The van der Waals surface area contributed by atoms with E-state index in [1.165, 1.54) is 16.1 Å². The van der Waals surface area contributed by atoms with Crippen LogP contribution in [0.5, 0.6) is 5.75 Å². The van der Waals surface area contributed by atoms with Gasteiger partial charge in [-0.2, -0.15) is 4.37 Å². The second kappa shape index (κ2) is 5.00. The normalized spacial score (nSPS) is 16.8. The van der Waals surface area contributed by atoms with Crippen LogP contribution in [0.4, 0.5) is 5.82 Å². The van der Waals surface area contributed by atoms with Crippen molar-refractivity contribution in [1.82, 2.24) is 8.94 Å². The third kappa shape index (κ3) is 2.13. The zero-order chi connectivity index (χ0) is 15.1. The number of hydrogen-bond acceptors (Lipinski definition) is 5. The van der Waals surface area contributed by atoms with Crippen LogP contribution in [-0.4, -0.2) is 20.0 Å². The molecule has 0 saturated carbocycles. The zero-order valence-electron chi connectivity index (χ0n) is 11.7. The Morgan fingerprint density at radius 3 is 3.00 bits per heavy atom. The first-order chi connectivity index (χ1) is 10.0. The van der Waals surface area contributed by atoms with E-state index in [0.29, 0.717) is 11.4 Å². The SMILES string of the molecule is C[C@@H]1CCc2c1c(O)c(C(=O)Nc1ccsn1)c(=O)n2C. The maximum absolute atomic E-state index is 12.4. The molecular formula is C14H15N3O3S. The number of fused-ring (bicyclic) bond motifs is 1. The van der Waals surface area contributed by atoms with Crippen LogP contribution in [0.25, 0.3) is 0 Å². The molecule has 0 bridgehead atoms. The van der Waals surface area contributed by atoms with Crippen molar-refractivity contribution < 1.29 is 9.90 Å². The molecule has 0 saturated heterocycles. The van der Waals surface area contributed by atoms with Gasteiger partial charge in [-0.3, -0.25) is 9.59 Å². The lowest BCUT2D eigenvalue weighted by atomic mass is 10.0. The summed E-state index contributed by atoms with van der Waals surface area (Å²) in [6, 6.07) is 1.64. The highest BCUT2D eigenvalue weighted by Gasteiger charge is 2.31. The van der Waals surface area contributed by atoms with Gasteiger partial charge in [-0.15, -0.1) is 0 Å². The highest BCUT2D eigenvalue weighted by molar-refractivity contribution is 7.03. The van der Waals surface area contributed by atoms with Gasteiger partial charge in [0.2, 0.25) is 0 Å². The Labute approximate surface area is 125 Å². The summed E-state index contributed by atoms with van der Waals surface area (Å²) in [7, 11) is 1.64. The minimum atomic E-state index is -0.624. The monoisotopic (exact) mass is 305 g/mol. The summed E-state index contributed by atoms with van der Waals surface area (Å²) in [6.45, 7) is 1.98. The number of rotatable bonds is 2. The molecule has 0 unspecified atom stereocenters. The molecule has 2 aromatic heterocycles. The first-order valence-corrected chi connectivity index (χ1v) is 7.50. The number of anilines is 1. The van der Waals surface area contributed by atoms with Crippen molar-refractivity contribution in [2.45, 2.75) is 25.7 Å². The van der Waals surface area contributed by atoms with E-state index < -0.39 is 11.5 Å². The molecule has 1 aliphatic rings. The maximum Gasteiger partial charge on any atom is 0.267 e. The smallest absolute Gasteiger partial charge is 0.267 e. The Kier molecular flexibility index (Phi) is 3.29. The number of carbonyl (C=O) groups excluding carboxylic acids is 1. The highest BCUT2D eigenvalue weighted by Crippen LogP contribution is 2.39. The number of aromatic hydroxyl groups is 1. The topological polar surface area (TPSA) is 84.2 Å². The van der Waals surface area contributed by atoms with E-state index in [0.717, 1.165) is 18.5 Å². The molecule has 0 spiro atoms. The van der Waals surface area contributed by atoms with Gasteiger partial charge in [-0.1, -0.05) is 6.92 Å². The first-order valence-electron chi connectivity index (χ1n) is 6.67. The fraction of sp³-hybridized carbons (Fsp3) is 0.357. The van der Waals surface area contributed by atoms with Gasteiger partial charge in [-0.25, -0.2) is 0 Å². The van der Waals surface area contributed by atoms with Crippen LogP contribution in [0.2, 0.25) is 0 Å². The van der Waals surface area contributed by atoms with Crippen molar-refractivity contribution in [3.63, 3.8) is 0 Å².